The minimum Gasteiger partial charge on any atom is -0.342 e. The lowest BCUT2D eigenvalue weighted by molar-refractivity contribution is -0.132. The first-order valence-corrected chi connectivity index (χ1v) is 8.48. The van der Waals surface area contributed by atoms with Crippen molar-refractivity contribution in [3.8, 4) is 0 Å². The van der Waals surface area contributed by atoms with E-state index in [1.165, 1.54) is 44.9 Å². The lowest BCUT2D eigenvalue weighted by Gasteiger charge is -2.34. The van der Waals surface area contributed by atoms with Gasteiger partial charge in [-0.25, -0.2) is 0 Å². The number of carbonyl (C=O) groups is 1. The van der Waals surface area contributed by atoms with Gasteiger partial charge in [-0.1, -0.05) is 12.8 Å². The number of rotatable bonds is 2. The average Bonchev–Trinajstić information content (AvgIpc) is 2.69. The van der Waals surface area contributed by atoms with Crippen LogP contribution in [0.1, 0.15) is 44.9 Å². The van der Waals surface area contributed by atoms with Gasteiger partial charge in [0.1, 0.15) is 0 Å². The summed E-state index contributed by atoms with van der Waals surface area (Å²) in [5.74, 6) is 0.373. The second kappa shape index (κ2) is 6.44. The fourth-order valence-electron chi connectivity index (χ4n) is 4.14. The molecule has 1 amide bonds. The molecule has 0 atom stereocenters. The molecule has 3 aliphatic heterocycles. The van der Waals surface area contributed by atoms with Crippen LogP contribution in [0.5, 0.6) is 0 Å². The van der Waals surface area contributed by atoms with Gasteiger partial charge < -0.3 is 10.2 Å². The van der Waals surface area contributed by atoms with Crippen molar-refractivity contribution >= 4 is 5.91 Å². The number of nitrogens with zero attached hydrogens (tertiary/aromatic N) is 2. The van der Waals surface area contributed by atoms with Crippen LogP contribution in [0.4, 0.5) is 0 Å². The Morgan fingerprint density at radius 3 is 2.35 bits per heavy atom. The molecule has 3 aliphatic rings. The number of nitrogens with one attached hydrogen (secondary N) is 1. The molecule has 20 heavy (non-hydrogen) atoms. The zero-order chi connectivity index (χ0) is 13.8. The number of hydrogen-bond acceptors (Lipinski definition) is 3. The van der Waals surface area contributed by atoms with Gasteiger partial charge in [-0.15, -0.1) is 0 Å². The second-order valence-electron chi connectivity index (χ2n) is 7.01. The molecule has 1 N–H and O–H groups in total. The Labute approximate surface area is 122 Å². The number of piperidine rings is 1. The van der Waals surface area contributed by atoms with E-state index in [2.05, 4.69) is 15.1 Å². The van der Waals surface area contributed by atoms with Crippen molar-refractivity contribution in [3.63, 3.8) is 0 Å². The number of amides is 1. The molecule has 3 saturated heterocycles. The smallest absolute Gasteiger partial charge is 0.236 e. The largest absolute Gasteiger partial charge is 0.342 e. The van der Waals surface area contributed by atoms with E-state index in [0.29, 0.717) is 17.9 Å². The van der Waals surface area contributed by atoms with E-state index < -0.39 is 0 Å². The van der Waals surface area contributed by atoms with Gasteiger partial charge in [-0.2, -0.15) is 0 Å². The molecule has 4 nitrogen and oxygen atoms in total. The lowest BCUT2D eigenvalue weighted by Crippen LogP contribution is -2.42. The molecule has 0 aromatic heterocycles. The Bertz CT molecular complexity index is 331. The third-order valence-corrected chi connectivity index (χ3v) is 5.50. The van der Waals surface area contributed by atoms with Crippen molar-refractivity contribution < 1.29 is 4.79 Å². The van der Waals surface area contributed by atoms with E-state index >= 15 is 0 Å². The third-order valence-electron chi connectivity index (χ3n) is 5.50. The highest BCUT2D eigenvalue weighted by atomic mass is 16.2. The van der Waals surface area contributed by atoms with Gasteiger partial charge in [0.2, 0.25) is 5.91 Å². The predicted molar refractivity (Wildman–Crippen MR) is 80.6 cm³/mol. The first kappa shape index (κ1) is 14.3. The first-order chi connectivity index (χ1) is 9.77. The highest BCUT2D eigenvalue weighted by Crippen LogP contribution is 2.38. The second-order valence-corrected chi connectivity index (χ2v) is 7.01. The highest BCUT2D eigenvalue weighted by molar-refractivity contribution is 5.78. The summed E-state index contributed by atoms with van der Waals surface area (Å²) in [7, 11) is 0. The summed E-state index contributed by atoms with van der Waals surface area (Å²) in [6, 6.07) is 0. The van der Waals surface area contributed by atoms with E-state index in [0.717, 1.165) is 39.3 Å². The summed E-state index contributed by atoms with van der Waals surface area (Å²) in [5, 5.41) is 3.46. The quantitative estimate of drug-likeness (QED) is 0.831. The molecule has 3 fully saturated rings. The minimum absolute atomic E-state index is 0.373. The van der Waals surface area contributed by atoms with E-state index in [4.69, 9.17) is 0 Å². The molecule has 0 radical (unpaired) electrons. The van der Waals surface area contributed by atoms with Crippen LogP contribution in [-0.4, -0.2) is 61.5 Å². The van der Waals surface area contributed by atoms with Crippen molar-refractivity contribution in [2.24, 2.45) is 5.41 Å². The zero-order valence-corrected chi connectivity index (χ0v) is 12.7. The fourth-order valence-corrected chi connectivity index (χ4v) is 4.14. The molecule has 0 aliphatic carbocycles. The highest BCUT2D eigenvalue weighted by Gasteiger charge is 2.39. The SMILES string of the molecule is O=C(CN1CCC2(CCNCC2)C1)N1CCCCCC1. The van der Waals surface area contributed by atoms with E-state index in [1.54, 1.807) is 0 Å². The van der Waals surface area contributed by atoms with Gasteiger partial charge in [0.15, 0.2) is 0 Å². The van der Waals surface area contributed by atoms with Gasteiger partial charge in [0.05, 0.1) is 6.54 Å². The Morgan fingerprint density at radius 2 is 1.65 bits per heavy atom. The molecule has 0 unspecified atom stereocenters. The molecule has 0 bridgehead atoms. The fraction of sp³-hybridized carbons (Fsp3) is 0.938. The van der Waals surface area contributed by atoms with Crippen LogP contribution in [0.3, 0.4) is 0 Å². The normalized spacial score (nSPS) is 27.7. The van der Waals surface area contributed by atoms with Gasteiger partial charge in [0.25, 0.3) is 0 Å². The summed E-state index contributed by atoms with van der Waals surface area (Å²) in [4.78, 5) is 17.0. The van der Waals surface area contributed by atoms with Gasteiger partial charge in [-0.3, -0.25) is 9.69 Å². The molecule has 114 valence electrons. The van der Waals surface area contributed by atoms with Gasteiger partial charge in [0, 0.05) is 19.6 Å². The lowest BCUT2D eigenvalue weighted by atomic mass is 9.78. The maximum Gasteiger partial charge on any atom is 0.236 e. The van der Waals surface area contributed by atoms with Crippen molar-refractivity contribution in [3.05, 3.63) is 0 Å². The molecular formula is C16H29N3O. The molecule has 4 heteroatoms. The van der Waals surface area contributed by atoms with Gasteiger partial charge >= 0.3 is 0 Å². The minimum atomic E-state index is 0.373. The summed E-state index contributed by atoms with van der Waals surface area (Å²) in [6.45, 7) is 7.23. The first-order valence-electron chi connectivity index (χ1n) is 8.48. The van der Waals surface area contributed by atoms with Crippen LogP contribution < -0.4 is 5.32 Å². The average molecular weight is 279 g/mol. The Kier molecular flexibility index (Phi) is 4.61. The number of hydrogen-bond donors (Lipinski definition) is 1. The van der Waals surface area contributed by atoms with Crippen LogP contribution in [-0.2, 0) is 4.79 Å². The molecular weight excluding hydrogens is 250 g/mol. The van der Waals surface area contributed by atoms with Crippen molar-refractivity contribution in [1.82, 2.24) is 15.1 Å². The Balaban J connectivity index is 1.49. The van der Waals surface area contributed by atoms with E-state index in [9.17, 15) is 4.79 Å². The maximum atomic E-state index is 12.4. The molecule has 3 rings (SSSR count). The number of carbonyl (C=O) groups excluding carboxylic acids is 1. The summed E-state index contributed by atoms with van der Waals surface area (Å²) in [5.41, 5.74) is 0.518. The Hall–Kier alpha value is -0.610. The van der Waals surface area contributed by atoms with Crippen LogP contribution in [0.2, 0.25) is 0 Å². The molecule has 0 saturated carbocycles. The van der Waals surface area contributed by atoms with Crippen molar-refractivity contribution in [2.45, 2.75) is 44.9 Å². The van der Waals surface area contributed by atoms with Crippen LogP contribution >= 0.6 is 0 Å². The molecule has 3 heterocycles. The molecule has 0 aromatic rings. The summed E-state index contributed by atoms with van der Waals surface area (Å²) >= 11 is 0. The van der Waals surface area contributed by atoms with Crippen LogP contribution in [0.25, 0.3) is 0 Å². The third kappa shape index (κ3) is 3.34. The summed E-state index contributed by atoms with van der Waals surface area (Å²) in [6.07, 6.45) is 8.86. The van der Waals surface area contributed by atoms with E-state index in [-0.39, 0.29) is 0 Å². The van der Waals surface area contributed by atoms with E-state index in [1.807, 2.05) is 0 Å². The topological polar surface area (TPSA) is 35.6 Å². The standard InChI is InChI=1S/C16H29N3O/c20-15(19-10-3-1-2-4-11-19)13-18-12-7-16(14-18)5-8-17-9-6-16/h17H,1-14H2. The molecule has 1 spiro atoms. The summed E-state index contributed by atoms with van der Waals surface area (Å²) < 4.78 is 0. The molecule has 0 aromatic carbocycles. The van der Waals surface area contributed by atoms with Crippen LogP contribution in [0.15, 0.2) is 0 Å². The maximum absolute atomic E-state index is 12.4. The van der Waals surface area contributed by atoms with Gasteiger partial charge in [-0.05, 0) is 57.2 Å². The predicted octanol–water partition coefficient (Wildman–Crippen LogP) is 1.46. The van der Waals surface area contributed by atoms with Crippen molar-refractivity contribution in [2.75, 3.05) is 45.8 Å². The van der Waals surface area contributed by atoms with Crippen LogP contribution in [0, 0.1) is 5.41 Å². The zero-order valence-electron chi connectivity index (χ0n) is 12.7. The Morgan fingerprint density at radius 1 is 0.950 bits per heavy atom. The monoisotopic (exact) mass is 279 g/mol. The van der Waals surface area contributed by atoms with Crippen molar-refractivity contribution in [1.29, 1.82) is 0 Å². The number of likely N-dealkylation sites (tertiary alicyclic amines) is 2.